The Hall–Kier alpha value is -0.655. The molecule has 1 aromatic rings. The summed E-state index contributed by atoms with van der Waals surface area (Å²) < 4.78 is 0. The van der Waals surface area contributed by atoms with E-state index >= 15 is 0 Å². The molecule has 0 bridgehead atoms. The summed E-state index contributed by atoms with van der Waals surface area (Å²) in [5.41, 5.74) is 2.38. The molecule has 0 aliphatic rings. The summed E-state index contributed by atoms with van der Waals surface area (Å²) in [6.07, 6.45) is 0. The minimum atomic E-state index is 1.12. The first-order valence-corrected chi connectivity index (χ1v) is 2.69. The molecule has 0 radical (unpaired) electrons. The van der Waals surface area contributed by atoms with Gasteiger partial charge in [-0.15, -0.1) is 0 Å². The molecule has 1 nitrogen and oxygen atoms in total. The van der Waals surface area contributed by atoms with E-state index in [1.165, 1.54) is 5.56 Å². The molecule has 0 aromatic carbocycles. The van der Waals surface area contributed by atoms with Gasteiger partial charge in [-0.2, -0.15) is 0 Å². The third kappa shape index (κ3) is 0.943. The summed E-state index contributed by atoms with van der Waals surface area (Å²) >= 11 is 0. The molecule has 0 fully saturated rings. The Morgan fingerprint density at radius 1 is 1.50 bits per heavy atom. The maximum atomic E-state index is 4.08. The van der Waals surface area contributed by atoms with Gasteiger partial charge in [-0.25, -0.2) is 0 Å². The molecular weight excluding hydrogens is 96.9 g/mol. The SMILES string of the molecule is Cc1ccbnc1C. The molecule has 1 rings (SSSR count). The average Bonchev–Trinajstić information content (AvgIpc) is 1.77. The van der Waals surface area contributed by atoms with Crippen LogP contribution in [0.3, 0.4) is 0 Å². The Kier molecular flexibility index (Phi) is 1.42. The van der Waals surface area contributed by atoms with Gasteiger partial charge in [0.25, 0.3) is 0 Å². The van der Waals surface area contributed by atoms with Crippen LogP contribution in [-0.4, -0.2) is 11.9 Å². The van der Waals surface area contributed by atoms with E-state index in [1.807, 2.05) is 19.9 Å². The molecule has 0 saturated heterocycles. The summed E-state index contributed by atoms with van der Waals surface area (Å²) in [4.78, 5) is 4.08. The van der Waals surface area contributed by atoms with E-state index in [-0.39, 0.29) is 0 Å². The van der Waals surface area contributed by atoms with Crippen molar-refractivity contribution in [3.63, 3.8) is 0 Å². The van der Waals surface area contributed by atoms with Crippen LogP contribution in [0.4, 0.5) is 0 Å². The van der Waals surface area contributed by atoms with Gasteiger partial charge in [0.1, 0.15) is 0 Å². The van der Waals surface area contributed by atoms with Gasteiger partial charge in [0.2, 0.25) is 0 Å². The predicted molar refractivity (Wildman–Crippen MR) is 35.1 cm³/mol. The molecule has 0 aliphatic heterocycles. The Labute approximate surface area is 50.0 Å². The van der Waals surface area contributed by atoms with Crippen LogP contribution < -0.4 is 0 Å². The zero-order valence-corrected chi connectivity index (χ0v) is 5.18. The van der Waals surface area contributed by atoms with Crippen molar-refractivity contribution >= 4 is 7.05 Å². The first kappa shape index (κ1) is 5.48. The summed E-state index contributed by atoms with van der Waals surface area (Å²) in [7, 11) is 1.81. The molecule has 0 spiro atoms. The van der Waals surface area contributed by atoms with Gasteiger partial charge in [-0.3, -0.25) is 0 Å². The van der Waals surface area contributed by atoms with Crippen LogP contribution in [0.25, 0.3) is 0 Å². The second-order valence-electron chi connectivity index (χ2n) is 1.91. The van der Waals surface area contributed by atoms with E-state index in [9.17, 15) is 0 Å². The Balaban J connectivity index is 3.13. The van der Waals surface area contributed by atoms with Crippen molar-refractivity contribution in [1.82, 2.24) is 4.89 Å². The van der Waals surface area contributed by atoms with Crippen LogP contribution in [0.2, 0.25) is 0 Å². The number of hydrogen-bond acceptors (Lipinski definition) is 1. The van der Waals surface area contributed by atoms with Crippen LogP contribution in [0.15, 0.2) is 12.0 Å². The normalized spacial score (nSPS) is 8.75. The van der Waals surface area contributed by atoms with Gasteiger partial charge < -0.3 is 0 Å². The monoisotopic (exact) mass is 105 g/mol. The topological polar surface area (TPSA) is 12.9 Å². The van der Waals surface area contributed by atoms with Crippen LogP contribution >= 0.6 is 0 Å². The van der Waals surface area contributed by atoms with E-state index in [4.69, 9.17) is 0 Å². The van der Waals surface area contributed by atoms with E-state index in [2.05, 4.69) is 17.9 Å². The average molecular weight is 105 g/mol. The van der Waals surface area contributed by atoms with Gasteiger partial charge in [-0.1, -0.05) is 0 Å². The van der Waals surface area contributed by atoms with Crippen molar-refractivity contribution in [2.45, 2.75) is 13.8 Å². The predicted octanol–water partition coefficient (Wildman–Crippen LogP) is 1.04. The van der Waals surface area contributed by atoms with Gasteiger partial charge in [-0.05, 0) is 0 Å². The van der Waals surface area contributed by atoms with Crippen molar-refractivity contribution < 1.29 is 0 Å². The standard InChI is InChI=1S/C6H8BN/c1-5-3-4-7-8-6(5)2/h3-4H,1-2H3. The van der Waals surface area contributed by atoms with Crippen LogP contribution in [0.1, 0.15) is 11.3 Å². The number of nitrogens with zero attached hydrogens (tertiary/aromatic N) is 1. The summed E-state index contributed by atoms with van der Waals surface area (Å²) in [5.74, 6) is 1.95. The molecule has 1 heterocycles. The summed E-state index contributed by atoms with van der Waals surface area (Å²) in [5, 5.41) is 0. The van der Waals surface area contributed by atoms with Crippen molar-refractivity contribution in [2.75, 3.05) is 0 Å². The first-order valence-electron chi connectivity index (χ1n) is 2.69. The molecule has 40 valence electrons. The van der Waals surface area contributed by atoms with E-state index in [0.29, 0.717) is 0 Å². The number of rotatable bonds is 0. The molecule has 0 N–H and O–H groups in total. The van der Waals surface area contributed by atoms with Crippen LogP contribution in [0.5, 0.6) is 0 Å². The number of hydrogen-bond donors (Lipinski definition) is 0. The molecular formula is C6H8BN. The molecule has 1 aromatic heterocycles. The summed E-state index contributed by atoms with van der Waals surface area (Å²) in [6, 6.07) is 2.06. The molecule has 0 atom stereocenters. The Morgan fingerprint density at radius 2 is 2.25 bits per heavy atom. The van der Waals surface area contributed by atoms with Crippen molar-refractivity contribution in [3.8, 4) is 0 Å². The molecule has 0 amide bonds. The van der Waals surface area contributed by atoms with Crippen LogP contribution in [-0.2, 0) is 0 Å². The third-order valence-corrected chi connectivity index (χ3v) is 1.27. The van der Waals surface area contributed by atoms with Crippen molar-refractivity contribution in [3.05, 3.63) is 23.3 Å². The van der Waals surface area contributed by atoms with E-state index < -0.39 is 0 Å². The van der Waals surface area contributed by atoms with Gasteiger partial charge >= 0.3 is 49.1 Å². The summed E-state index contributed by atoms with van der Waals surface area (Å²) in [6.45, 7) is 4.07. The van der Waals surface area contributed by atoms with Gasteiger partial charge in [0, 0.05) is 0 Å². The van der Waals surface area contributed by atoms with Crippen LogP contribution in [0, 0.1) is 13.8 Å². The molecule has 8 heavy (non-hydrogen) atoms. The molecule has 0 saturated carbocycles. The van der Waals surface area contributed by atoms with Gasteiger partial charge in [0.15, 0.2) is 0 Å². The maximum absolute atomic E-state index is 4.08. The molecule has 0 aliphatic carbocycles. The van der Waals surface area contributed by atoms with Crippen molar-refractivity contribution in [2.24, 2.45) is 0 Å². The zero-order chi connectivity index (χ0) is 5.98. The third-order valence-electron chi connectivity index (χ3n) is 1.27. The zero-order valence-electron chi connectivity index (χ0n) is 5.18. The Bertz CT molecular complexity index is 165. The van der Waals surface area contributed by atoms with E-state index in [1.54, 1.807) is 0 Å². The fraction of sp³-hybridized carbons (Fsp3) is 0.333. The Morgan fingerprint density at radius 3 is 2.62 bits per heavy atom. The second-order valence-corrected chi connectivity index (χ2v) is 1.91. The number of aryl methyl sites for hydroxylation is 2. The first-order chi connectivity index (χ1) is 3.80. The molecule has 0 unspecified atom stereocenters. The van der Waals surface area contributed by atoms with Gasteiger partial charge in [0.05, 0.1) is 0 Å². The molecule has 2 heteroatoms. The number of aromatic nitrogens is 1. The van der Waals surface area contributed by atoms with E-state index in [0.717, 1.165) is 5.69 Å². The fourth-order valence-corrected chi connectivity index (χ4v) is 0.565. The quantitative estimate of drug-likeness (QED) is 0.480. The minimum absolute atomic E-state index is 1.12. The second kappa shape index (κ2) is 2.08. The fourth-order valence-electron chi connectivity index (χ4n) is 0.565. The van der Waals surface area contributed by atoms with Crippen molar-refractivity contribution in [1.29, 1.82) is 0 Å².